The largest absolute Gasteiger partial charge is 0.352 e. The fourth-order valence-electron chi connectivity index (χ4n) is 2.47. The van der Waals surface area contributed by atoms with Gasteiger partial charge in [0.1, 0.15) is 5.82 Å². The van der Waals surface area contributed by atoms with Crippen LogP contribution in [0, 0.1) is 6.92 Å². The Hall–Kier alpha value is -1.33. The van der Waals surface area contributed by atoms with Gasteiger partial charge in [0.05, 0.1) is 11.7 Å². The maximum atomic E-state index is 5.72. The lowest BCUT2D eigenvalue weighted by molar-refractivity contribution is 0.677. The van der Waals surface area contributed by atoms with Crippen LogP contribution in [0.15, 0.2) is 17.5 Å². The number of aromatic nitrogens is 2. The van der Waals surface area contributed by atoms with Crippen molar-refractivity contribution in [2.24, 2.45) is 12.8 Å². The van der Waals surface area contributed by atoms with Crippen LogP contribution in [-0.2, 0) is 13.5 Å². The van der Waals surface area contributed by atoms with Gasteiger partial charge in [-0.3, -0.25) is 4.68 Å². The topological polar surface area (TPSA) is 47.1 Å². The smallest absolute Gasteiger partial charge is 0.130 e. The third-order valence-electron chi connectivity index (χ3n) is 3.58. The summed E-state index contributed by atoms with van der Waals surface area (Å²) < 4.78 is 1.96. The highest BCUT2D eigenvalue weighted by atomic mass is 32.1. The summed E-state index contributed by atoms with van der Waals surface area (Å²) in [5, 5.41) is 6.66. The molecule has 0 bridgehead atoms. The Morgan fingerprint density at radius 3 is 2.84 bits per heavy atom. The molecule has 0 aliphatic rings. The first-order valence-electron chi connectivity index (χ1n) is 6.55. The van der Waals surface area contributed by atoms with Gasteiger partial charge in [-0.15, -0.1) is 11.3 Å². The predicted octanol–water partition coefficient (Wildman–Crippen LogP) is 2.49. The van der Waals surface area contributed by atoms with Crippen LogP contribution >= 0.6 is 11.3 Å². The maximum Gasteiger partial charge on any atom is 0.130 e. The Bertz CT molecular complexity index is 530. The van der Waals surface area contributed by atoms with Crippen molar-refractivity contribution in [2.75, 3.05) is 18.5 Å². The fraction of sp³-hybridized carbons (Fsp3) is 0.500. The molecule has 0 fully saturated rings. The first-order chi connectivity index (χ1) is 9.06. The van der Waals surface area contributed by atoms with Crippen molar-refractivity contribution in [3.63, 3.8) is 0 Å². The van der Waals surface area contributed by atoms with E-state index >= 15 is 0 Å². The molecule has 0 radical (unpaired) electrons. The number of thiophene rings is 1. The quantitative estimate of drug-likeness (QED) is 0.914. The van der Waals surface area contributed by atoms with E-state index in [0.29, 0.717) is 12.6 Å². The second-order valence-electron chi connectivity index (χ2n) is 4.85. The van der Waals surface area contributed by atoms with Crippen molar-refractivity contribution in [3.8, 4) is 0 Å². The van der Waals surface area contributed by atoms with Gasteiger partial charge < -0.3 is 10.6 Å². The van der Waals surface area contributed by atoms with Crippen LogP contribution in [0.4, 0.5) is 5.82 Å². The fourth-order valence-corrected chi connectivity index (χ4v) is 3.30. The minimum absolute atomic E-state index is 0.339. The van der Waals surface area contributed by atoms with Gasteiger partial charge in [0.25, 0.3) is 0 Å². The SMILES string of the molecule is Cc1nn(C)c(N(C)C(C)c2cccs2)c1CCN. The van der Waals surface area contributed by atoms with Crippen LogP contribution in [0.5, 0.6) is 0 Å². The van der Waals surface area contributed by atoms with Gasteiger partial charge >= 0.3 is 0 Å². The second-order valence-corrected chi connectivity index (χ2v) is 5.83. The summed E-state index contributed by atoms with van der Waals surface area (Å²) in [5.74, 6) is 1.17. The molecule has 0 saturated heterocycles. The summed E-state index contributed by atoms with van der Waals surface area (Å²) in [6, 6.07) is 4.61. The molecule has 0 amide bonds. The minimum atomic E-state index is 0.339. The van der Waals surface area contributed by atoms with E-state index in [-0.39, 0.29) is 0 Å². The number of anilines is 1. The number of nitrogens with zero attached hydrogens (tertiary/aromatic N) is 3. The molecule has 0 saturated carbocycles. The third-order valence-corrected chi connectivity index (χ3v) is 4.62. The molecule has 19 heavy (non-hydrogen) atoms. The van der Waals surface area contributed by atoms with E-state index in [1.54, 1.807) is 11.3 Å². The molecule has 2 heterocycles. The molecule has 0 aromatic carbocycles. The number of hydrogen-bond acceptors (Lipinski definition) is 4. The predicted molar refractivity (Wildman–Crippen MR) is 81.8 cm³/mol. The number of rotatable bonds is 5. The van der Waals surface area contributed by atoms with Crippen molar-refractivity contribution in [2.45, 2.75) is 26.3 Å². The molecule has 2 N–H and O–H groups in total. The molecule has 4 nitrogen and oxygen atoms in total. The summed E-state index contributed by atoms with van der Waals surface area (Å²) in [4.78, 5) is 3.65. The number of aryl methyl sites for hydroxylation is 2. The van der Waals surface area contributed by atoms with Gasteiger partial charge in [-0.2, -0.15) is 5.10 Å². The third kappa shape index (κ3) is 2.67. The van der Waals surface area contributed by atoms with Crippen LogP contribution < -0.4 is 10.6 Å². The molecule has 2 aromatic heterocycles. The highest BCUT2D eigenvalue weighted by molar-refractivity contribution is 7.10. The lowest BCUT2D eigenvalue weighted by atomic mass is 10.1. The first-order valence-corrected chi connectivity index (χ1v) is 7.43. The molecular weight excluding hydrogens is 256 g/mol. The van der Waals surface area contributed by atoms with E-state index in [1.807, 2.05) is 11.7 Å². The highest BCUT2D eigenvalue weighted by Gasteiger charge is 2.21. The normalized spacial score (nSPS) is 12.7. The van der Waals surface area contributed by atoms with E-state index in [0.717, 1.165) is 12.1 Å². The van der Waals surface area contributed by atoms with Gasteiger partial charge in [-0.25, -0.2) is 0 Å². The maximum absolute atomic E-state index is 5.72. The summed E-state index contributed by atoms with van der Waals surface area (Å²) in [6.07, 6.45) is 0.872. The molecule has 1 atom stereocenters. The summed E-state index contributed by atoms with van der Waals surface area (Å²) in [7, 11) is 4.13. The van der Waals surface area contributed by atoms with Crippen LogP contribution in [0.1, 0.15) is 29.1 Å². The number of nitrogens with two attached hydrogens (primary N) is 1. The molecular formula is C14H22N4S. The van der Waals surface area contributed by atoms with Crippen LogP contribution in [-0.4, -0.2) is 23.4 Å². The molecule has 2 rings (SSSR count). The Morgan fingerprint density at radius 1 is 1.53 bits per heavy atom. The lowest BCUT2D eigenvalue weighted by Crippen LogP contribution is -2.24. The lowest BCUT2D eigenvalue weighted by Gasteiger charge is -2.27. The van der Waals surface area contributed by atoms with Crippen LogP contribution in [0.2, 0.25) is 0 Å². The van der Waals surface area contributed by atoms with Crippen molar-refractivity contribution in [3.05, 3.63) is 33.6 Å². The molecule has 104 valence electrons. The van der Waals surface area contributed by atoms with Gasteiger partial charge in [-0.1, -0.05) is 6.07 Å². The van der Waals surface area contributed by atoms with E-state index in [9.17, 15) is 0 Å². The average molecular weight is 278 g/mol. The van der Waals surface area contributed by atoms with Crippen LogP contribution in [0.3, 0.4) is 0 Å². The molecule has 0 spiro atoms. The zero-order valence-corrected chi connectivity index (χ0v) is 12.9. The van der Waals surface area contributed by atoms with Crippen molar-refractivity contribution >= 4 is 17.2 Å². The highest BCUT2D eigenvalue weighted by Crippen LogP contribution is 2.31. The van der Waals surface area contributed by atoms with Gasteiger partial charge in [0.15, 0.2) is 0 Å². The first kappa shape index (κ1) is 14.1. The van der Waals surface area contributed by atoms with E-state index in [2.05, 4.69) is 48.4 Å². The Labute approximate surface area is 118 Å². The van der Waals surface area contributed by atoms with E-state index < -0.39 is 0 Å². The van der Waals surface area contributed by atoms with E-state index in [4.69, 9.17) is 5.73 Å². The Kier molecular flexibility index (Phi) is 4.27. The average Bonchev–Trinajstić information content (AvgIpc) is 2.98. The van der Waals surface area contributed by atoms with Crippen molar-refractivity contribution in [1.82, 2.24) is 9.78 Å². The Balaban J connectivity index is 2.35. The molecule has 1 unspecified atom stereocenters. The van der Waals surface area contributed by atoms with Crippen molar-refractivity contribution in [1.29, 1.82) is 0 Å². The number of hydrogen-bond donors (Lipinski definition) is 1. The summed E-state index contributed by atoms with van der Waals surface area (Å²) >= 11 is 1.79. The molecule has 5 heteroatoms. The van der Waals surface area contributed by atoms with Gasteiger partial charge in [-0.05, 0) is 38.3 Å². The Morgan fingerprint density at radius 2 is 2.26 bits per heavy atom. The molecule has 2 aromatic rings. The van der Waals surface area contributed by atoms with Crippen molar-refractivity contribution < 1.29 is 0 Å². The zero-order chi connectivity index (χ0) is 14.0. The van der Waals surface area contributed by atoms with Gasteiger partial charge in [0, 0.05) is 24.5 Å². The molecule has 0 aliphatic carbocycles. The summed E-state index contributed by atoms with van der Waals surface area (Å²) in [6.45, 7) is 4.93. The minimum Gasteiger partial charge on any atom is -0.352 e. The monoisotopic (exact) mass is 278 g/mol. The summed E-state index contributed by atoms with van der Waals surface area (Å²) in [5.41, 5.74) is 8.06. The zero-order valence-electron chi connectivity index (χ0n) is 12.1. The van der Waals surface area contributed by atoms with Gasteiger partial charge in [0.2, 0.25) is 0 Å². The second kappa shape index (κ2) is 5.75. The van der Waals surface area contributed by atoms with Crippen LogP contribution in [0.25, 0.3) is 0 Å². The van der Waals surface area contributed by atoms with E-state index in [1.165, 1.54) is 16.3 Å². The standard InChI is InChI=1S/C14H22N4S/c1-10-12(7-8-15)14(18(4)16-10)17(3)11(2)13-6-5-9-19-13/h5-6,9,11H,7-8,15H2,1-4H3. The molecule has 0 aliphatic heterocycles.